The van der Waals surface area contributed by atoms with Gasteiger partial charge < -0.3 is 50.3 Å². The van der Waals surface area contributed by atoms with Crippen LogP contribution in [-0.4, -0.2) is 82.0 Å². The van der Waals surface area contributed by atoms with Crippen molar-refractivity contribution in [1.82, 2.24) is 15.4 Å². The molecule has 270 valence electrons. The van der Waals surface area contributed by atoms with E-state index in [9.17, 15) is 43.0 Å². The van der Waals surface area contributed by atoms with Gasteiger partial charge in [-0.2, -0.15) is 4.72 Å². The number of phenols is 4. The zero-order chi connectivity index (χ0) is 37.1. The van der Waals surface area contributed by atoms with Crippen LogP contribution in [0.2, 0.25) is 10.0 Å². The van der Waals surface area contributed by atoms with Gasteiger partial charge in [-0.15, -0.1) is 11.3 Å². The smallest absolute Gasteiger partial charge is 0.340 e. The summed E-state index contributed by atoms with van der Waals surface area (Å²) in [6.07, 6.45) is -1.16. The Morgan fingerprint density at radius 1 is 0.800 bits per heavy atom. The fourth-order valence-electron chi connectivity index (χ4n) is 4.19. The summed E-state index contributed by atoms with van der Waals surface area (Å²) < 4.78 is 50.4. The first-order valence-corrected chi connectivity index (χ1v) is 19.0. The number of ether oxygens (including phenoxy) is 2. The molecule has 0 saturated heterocycles. The van der Waals surface area contributed by atoms with Crippen molar-refractivity contribution in [2.75, 3.05) is 19.5 Å². The van der Waals surface area contributed by atoms with E-state index in [1.54, 1.807) is 13.8 Å². The van der Waals surface area contributed by atoms with Crippen LogP contribution in [0.15, 0.2) is 46.7 Å². The average molecular weight is 795 g/mol. The number of nitrogens with one attached hydrogen (secondary N) is 3. The molecule has 21 heteroatoms. The van der Waals surface area contributed by atoms with Gasteiger partial charge in [0.1, 0.15) is 28.7 Å². The van der Waals surface area contributed by atoms with Gasteiger partial charge in [0.05, 0.1) is 21.8 Å². The quantitative estimate of drug-likeness (QED) is 0.0650. The monoisotopic (exact) mass is 793 g/mol. The lowest BCUT2D eigenvalue weighted by Crippen LogP contribution is -2.37. The Balaban J connectivity index is 1.62. The average Bonchev–Trinajstić information content (AvgIpc) is 3.50. The van der Waals surface area contributed by atoms with E-state index in [4.69, 9.17) is 42.5 Å². The molecule has 3 aromatic carbocycles. The standard InChI is InChI=1S/C29H30Cl2N3O13PS2/c1-13(33-28(39)15-3-5-18(35)20(37)7-15)10-46-25-23(30)17-9-22(50(44,45)32-12-48(41,42)43)49-27(17)24(31)26(25)47-11-14(2)34-29(40)16-4-6-19(36)21(38)8-16/h3-9,13-14,32,35-38H,10-12H2,1-2H3,(H,33,39)(H,34,40)(H2,41,42,43). The highest BCUT2D eigenvalue weighted by atomic mass is 35.5. The zero-order valence-corrected chi connectivity index (χ0v) is 29.9. The second-order valence-electron chi connectivity index (χ2n) is 10.8. The lowest BCUT2D eigenvalue weighted by atomic mass is 10.1. The number of sulfonamides is 1. The van der Waals surface area contributed by atoms with Gasteiger partial charge in [-0.1, -0.05) is 23.2 Å². The maximum absolute atomic E-state index is 12.9. The van der Waals surface area contributed by atoms with Gasteiger partial charge in [0, 0.05) is 16.5 Å². The third kappa shape index (κ3) is 9.41. The fourth-order valence-corrected chi connectivity index (χ4v) is 8.36. The van der Waals surface area contributed by atoms with Gasteiger partial charge in [-0.25, -0.2) is 8.42 Å². The number of fused-ring (bicyclic) bond motifs is 1. The number of hydrogen-bond acceptors (Lipinski definition) is 12. The molecule has 1 aromatic heterocycles. The van der Waals surface area contributed by atoms with Crippen molar-refractivity contribution in [3.05, 3.63) is 63.6 Å². The number of carbonyl (C=O) groups is 2. The lowest BCUT2D eigenvalue weighted by Gasteiger charge is -2.21. The summed E-state index contributed by atoms with van der Waals surface area (Å²) in [5, 5.41) is 43.6. The first kappa shape index (κ1) is 38.8. The molecular weight excluding hydrogens is 764 g/mol. The number of carbonyl (C=O) groups excluding carboxylic acids is 2. The van der Waals surface area contributed by atoms with E-state index in [1.165, 1.54) is 12.1 Å². The molecule has 2 amide bonds. The first-order chi connectivity index (χ1) is 23.3. The third-order valence-electron chi connectivity index (χ3n) is 6.66. The minimum atomic E-state index is -4.74. The van der Waals surface area contributed by atoms with Crippen molar-refractivity contribution in [2.24, 2.45) is 0 Å². The Hall–Kier alpha value is -4.00. The molecule has 0 aliphatic carbocycles. The molecule has 0 aliphatic heterocycles. The Labute approximate surface area is 298 Å². The van der Waals surface area contributed by atoms with E-state index < -0.39 is 70.8 Å². The number of benzene rings is 3. The molecule has 50 heavy (non-hydrogen) atoms. The normalized spacial score (nSPS) is 13.1. The summed E-state index contributed by atoms with van der Waals surface area (Å²) in [6.45, 7) is 2.66. The van der Waals surface area contributed by atoms with Crippen LogP contribution in [0.4, 0.5) is 0 Å². The molecular formula is C29H30Cl2N3O13PS2. The lowest BCUT2D eigenvalue weighted by molar-refractivity contribution is 0.0914. The highest BCUT2D eigenvalue weighted by Gasteiger charge is 2.28. The molecule has 4 aromatic rings. The van der Waals surface area contributed by atoms with Crippen LogP contribution in [0.25, 0.3) is 10.1 Å². The summed E-state index contributed by atoms with van der Waals surface area (Å²) in [5.41, 5.74) is 0.0773. The highest BCUT2D eigenvalue weighted by Crippen LogP contribution is 2.51. The number of hydrogen-bond donors (Lipinski definition) is 9. The Bertz CT molecular complexity index is 1990. The predicted octanol–water partition coefficient (Wildman–Crippen LogP) is 3.84. The van der Waals surface area contributed by atoms with Crippen LogP contribution in [0, 0.1) is 0 Å². The largest absolute Gasteiger partial charge is 0.504 e. The van der Waals surface area contributed by atoms with E-state index in [-0.39, 0.29) is 60.2 Å². The minimum absolute atomic E-state index is 0.0385. The summed E-state index contributed by atoms with van der Waals surface area (Å²) in [5.74, 6) is -3.39. The van der Waals surface area contributed by atoms with Gasteiger partial charge in [-0.3, -0.25) is 14.2 Å². The molecule has 16 nitrogen and oxygen atoms in total. The predicted molar refractivity (Wildman–Crippen MR) is 183 cm³/mol. The van der Waals surface area contributed by atoms with E-state index in [0.29, 0.717) is 11.3 Å². The van der Waals surface area contributed by atoms with E-state index >= 15 is 0 Å². The molecule has 0 fully saturated rings. The summed E-state index contributed by atoms with van der Waals surface area (Å²) >= 11 is 14.0. The summed E-state index contributed by atoms with van der Waals surface area (Å²) in [4.78, 5) is 43.7. The maximum Gasteiger partial charge on any atom is 0.340 e. The second kappa shape index (κ2) is 15.5. The van der Waals surface area contributed by atoms with E-state index in [0.717, 1.165) is 30.3 Å². The molecule has 2 unspecified atom stereocenters. The topological polar surface area (TPSA) is 261 Å². The van der Waals surface area contributed by atoms with E-state index in [1.807, 2.05) is 4.72 Å². The van der Waals surface area contributed by atoms with Gasteiger partial charge in [-0.05, 0) is 56.3 Å². The van der Waals surface area contributed by atoms with Crippen LogP contribution in [-0.2, 0) is 14.6 Å². The van der Waals surface area contributed by atoms with E-state index in [2.05, 4.69) is 10.6 Å². The SMILES string of the molecule is CC(COc1c(OCC(C)NC(=O)c2ccc(O)c(O)c2)c(Cl)c2sc(S(=O)(=O)NCP(=O)(O)O)cc2c1Cl)NC(=O)c1ccc(O)c(O)c1. The molecule has 0 radical (unpaired) electrons. The van der Waals surface area contributed by atoms with Crippen molar-refractivity contribution < 1.29 is 62.3 Å². The number of amides is 2. The minimum Gasteiger partial charge on any atom is -0.504 e. The molecule has 9 N–H and O–H groups in total. The first-order valence-electron chi connectivity index (χ1n) is 14.2. The molecule has 1 heterocycles. The highest BCUT2D eigenvalue weighted by molar-refractivity contribution is 7.92. The summed E-state index contributed by atoms with van der Waals surface area (Å²) in [6, 6.07) is 6.69. The zero-order valence-electron chi connectivity index (χ0n) is 25.9. The van der Waals surface area contributed by atoms with Crippen molar-refractivity contribution in [3.63, 3.8) is 0 Å². The van der Waals surface area contributed by atoms with Gasteiger partial charge >= 0.3 is 7.60 Å². The Morgan fingerprint density at radius 3 is 1.70 bits per heavy atom. The number of phenolic OH excluding ortho intramolecular Hbond substituents is 4. The summed E-state index contributed by atoms with van der Waals surface area (Å²) in [7, 11) is -9.19. The van der Waals surface area contributed by atoms with Crippen LogP contribution in [0.1, 0.15) is 34.6 Å². The third-order valence-corrected chi connectivity index (χ3v) is 11.3. The second-order valence-corrected chi connectivity index (χ2v) is 16.3. The van der Waals surface area contributed by atoms with Crippen molar-refractivity contribution in [3.8, 4) is 34.5 Å². The molecule has 4 rings (SSSR count). The van der Waals surface area contributed by atoms with Gasteiger partial charge in [0.15, 0.2) is 34.5 Å². The van der Waals surface area contributed by atoms with Crippen LogP contribution >= 0.6 is 42.1 Å². The molecule has 0 saturated carbocycles. The van der Waals surface area contributed by atoms with Crippen molar-refractivity contribution in [1.29, 1.82) is 0 Å². The number of halogens is 2. The maximum atomic E-state index is 12.9. The Kier molecular flexibility index (Phi) is 12.0. The van der Waals surface area contributed by atoms with Crippen LogP contribution < -0.4 is 24.8 Å². The van der Waals surface area contributed by atoms with Crippen LogP contribution in [0.5, 0.6) is 34.5 Å². The van der Waals surface area contributed by atoms with Gasteiger partial charge in [0.25, 0.3) is 21.8 Å². The molecule has 2 atom stereocenters. The fraction of sp³-hybridized carbons (Fsp3) is 0.241. The van der Waals surface area contributed by atoms with Crippen molar-refractivity contribution >= 4 is 74.1 Å². The molecule has 0 bridgehead atoms. The number of aromatic hydroxyl groups is 4. The van der Waals surface area contributed by atoms with Crippen LogP contribution in [0.3, 0.4) is 0 Å². The van der Waals surface area contributed by atoms with Crippen molar-refractivity contribution in [2.45, 2.75) is 30.1 Å². The van der Waals surface area contributed by atoms with Gasteiger partial charge in [0.2, 0.25) is 0 Å². The Morgan fingerprint density at radius 2 is 1.26 bits per heavy atom. The molecule has 0 spiro atoms. The number of rotatable bonds is 14. The molecule has 0 aliphatic rings. The number of thiophene rings is 1.